The molecule has 1 aromatic rings. The van der Waals surface area contributed by atoms with Crippen LogP contribution in [0.5, 0.6) is 0 Å². The van der Waals surface area contributed by atoms with Crippen LogP contribution in [0.4, 0.5) is 0 Å². The first-order chi connectivity index (χ1) is 13.0. The van der Waals surface area contributed by atoms with Gasteiger partial charge in [-0.25, -0.2) is 0 Å². The highest BCUT2D eigenvalue weighted by molar-refractivity contribution is 7.69. The molecule has 0 radical (unpaired) electrons. The van der Waals surface area contributed by atoms with Gasteiger partial charge in [-0.3, -0.25) is 9.13 Å². The van der Waals surface area contributed by atoms with E-state index in [4.69, 9.17) is 18.1 Å². The summed E-state index contributed by atoms with van der Waals surface area (Å²) in [5, 5.41) is 3.98. The zero-order valence-electron chi connectivity index (χ0n) is 17.0. The van der Waals surface area contributed by atoms with Crippen molar-refractivity contribution in [3.05, 3.63) is 10.8 Å². The molecule has 0 aliphatic carbocycles. The van der Waals surface area contributed by atoms with E-state index in [-0.39, 0.29) is 6.61 Å². The van der Waals surface area contributed by atoms with Crippen LogP contribution in [0, 0.1) is 0 Å². The summed E-state index contributed by atoms with van der Waals surface area (Å²) in [5.41, 5.74) is 0. The largest absolute Gasteiger partial charge is 0.363 e. The van der Waals surface area contributed by atoms with Crippen molar-refractivity contribution in [3.8, 4) is 0 Å². The Balaban J connectivity index is 3.17. The third-order valence-corrected chi connectivity index (χ3v) is 9.14. The van der Waals surface area contributed by atoms with Gasteiger partial charge in [0, 0.05) is 10.8 Å². The van der Waals surface area contributed by atoms with E-state index in [1.165, 1.54) is 11.3 Å². The van der Waals surface area contributed by atoms with Crippen LogP contribution in [0.2, 0.25) is 0 Å². The number of thiophene rings is 1. The van der Waals surface area contributed by atoms with Crippen molar-refractivity contribution in [2.75, 3.05) is 26.4 Å². The van der Waals surface area contributed by atoms with Gasteiger partial charge in [-0.15, -0.1) is 0 Å². The van der Waals surface area contributed by atoms with E-state index in [9.17, 15) is 9.13 Å². The van der Waals surface area contributed by atoms with Gasteiger partial charge in [0.05, 0.1) is 37.0 Å². The average Bonchev–Trinajstić information content (AvgIpc) is 3.14. The Morgan fingerprint density at radius 1 is 0.704 bits per heavy atom. The fraction of sp³-hybridized carbons (Fsp3) is 0.778. The zero-order valence-corrected chi connectivity index (χ0v) is 19.6. The van der Waals surface area contributed by atoms with Crippen LogP contribution in [0.15, 0.2) is 10.8 Å². The van der Waals surface area contributed by atoms with E-state index in [0.29, 0.717) is 30.4 Å². The Bertz CT molecular complexity index is 605. The fourth-order valence-electron chi connectivity index (χ4n) is 2.20. The fourth-order valence-corrected chi connectivity index (χ4v) is 7.93. The second kappa shape index (κ2) is 13.3. The van der Waals surface area contributed by atoms with Crippen LogP contribution in [0.25, 0.3) is 0 Å². The second-order valence-electron chi connectivity index (χ2n) is 6.12. The molecule has 0 saturated carbocycles. The highest BCUT2D eigenvalue weighted by atomic mass is 32.1. The molecule has 0 amide bonds. The predicted molar refractivity (Wildman–Crippen MR) is 113 cm³/mol. The summed E-state index contributed by atoms with van der Waals surface area (Å²) in [6.45, 7) is 9.06. The number of hydrogen-bond acceptors (Lipinski definition) is 7. The lowest BCUT2D eigenvalue weighted by molar-refractivity contribution is 0.207. The van der Waals surface area contributed by atoms with Gasteiger partial charge < -0.3 is 18.1 Å². The molecule has 0 aliphatic heterocycles. The first kappa shape index (κ1) is 25.0. The molecule has 158 valence electrons. The third kappa shape index (κ3) is 7.74. The number of hydrogen-bond donors (Lipinski definition) is 0. The topological polar surface area (TPSA) is 71.1 Å². The lowest BCUT2D eigenvalue weighted by atomic mass is 10.4. The summed E-state index contributed by atoms with van der Waals surface area (Å²) in [7, 11) is -7.19. The molecular formula is C18H34O6P2S. The van der Waals surface area contributed by atoms with Gasteiger partial charge in [0.1, 0.15) is 0 Å². The quantitative estimate of drug-likeness (QED) is 0.236. The molecule has 1 rings (SSSR count). The maximum atomic E-state index is 13.6. The van der Waals surface area contributed by atoms with Crippen molar-refractivity contribution in [3.63, 3.8) is 0 Å². The van der Waals surface area contributed by atoms with Gasteiger partial charge >= 0.3 is 15.2 Å². The maximum absolute atomic E-state index is 13.6. The van der Waals surface area contributed by atoms with E-state index in [1.54, 1.807) is 17.7 Å². The van der Waals surface area contributed by atoms with Gasteiger partial charge in [0.15, 0.2) is 0 Å². The normalized spacial score (nSPS) is 14.4. The predicted octanol–water partition coefficient (Wildman–Crippen LogP) is 5.87. The summed E-state index contributed by atoms with van der Waals surface area (Å²) >= 11 is 1.30. The van der Waals surface area contributed by atoms with Crippen LogP contribution in [0.3, 0.4) is 0 Å². The Labute approximate surface area is 168 Å². The Hall–Kier alpha value is -0.0000000000000000416. The molecule has 0 N–H and O–H groups in total. The third-order valence-electron chi connectivity index (χ3n) is 3.79. The molecule has 0 spiro atoms. The maximum Gasteiger partial charge on any atom is 0.363 e. The summed E-state index contributed by atoms with van der Waals surface area (Å²) in [6, 6.07) is 0. The van der Waals surface area contributed by atoms with Gasteiger partial charge in [-0.2, -0.15) is 11.3 Å². The molecule has 1 aromatic heterocycles. The molecule has 27 heavy (non-hydrogen) atoms. The van der Waals surface area contributed by atoms with Gasteiger partial charge in [-0.05, 0) is 26.2 Å². The minimum Gasteiger partial charge on any atom is -0.305 e. The van der Waals surface area contributed by atoms with Crippen LogP contribution >= 0.6 is 26.5 Å². The van der Waals surface area contributed by atoms with Gasteiger partial charge in [0.2, 0.25) is 0 Å². The van der Waals surface area contributed by atoms with E-state index in [2.05, 4.69) is 0 Å². The second-order valence-corrected chi connectivity index (χ2v) is 10.8. The first-order valence-electron chi connectivity index (χ1n) is 9.82. The Morgan fingerprint density at radius 3 is 1.41 bits per heavy atom. The zero-order chi connectivity index (χ0) is 20.2. The monoisotopic (exact) mass is 440 g/mol. The molecule has 0 bridgehead atoms. The van der Waals surface area contributed by atoms with E-state index >= 15 is 0 Å². The van der Waals surface area contributed by atoms with Gasteiger partial charge in [0.25, 0.3) is 0 Å². The van der Waals surface area contributed by atoms with Crippen molar-refractivity contribution in [1.29, 1.82) is 0 Å². The van der Waals surface area contributed by atoms with E-state index in [0.717, 1.165) is 38.5 Å². The number of rotatable bonds is 16. The lowest BCUT2D eigenvalue weighted by Crippen LogP contribution is -2.26. The molecule has 0 fully saturated rings. The Kier molecular flexibility index (Phi) is 12.3. The standard InChI is InChI=1S/C18H34O6P2S/c1-5-9-12-22-25(19,21-8-4)17-15-27-16-18(17)26(20,23-13-10-6-2)24-14-11-7-3/h15-16H,5-14H2,1-4H3. The van der Waals surface area contributed by atoms with E-state index < -0.39 is 15.2 Å². The molecule has 0 saturated heterocycles. The molecule has 0 aromatic carbocycles. The molecule has 9 heteroatoms. The average molecular weight is 440 g/mol. The summed E-state index contributed by atoms with van der Waals surface area (Å²) < 4.78 is 49.5. The molecule has 0 aliphatic rings. The van der Waals surface area contributed by atoms with Crippen molar-refractivity contribution in [2.24, 2.45) is 0 Å². The van der Waals surface area contributed by atoms with Crippen molar-refractivity contribution in [2.45, 2.75) is 66.2 Å². The lowest BCUT2D eigenvalue weighted by Gasteiger charge is -2.22. The van der Waals surface area contributed by atoms with Crippen molar-refractivity contribution < 1.29 is 27.2 Å². The summed E-state index contributed by atoms with van der Waals surface area (Å²) in [6.07, 6.45) is 5.08. The highest BCUT2D eigenvalue weighted by Gasteiger charge is 2.39. The molecule has 6 nitrogen and oxygen atoms in total. The molecule has 1 unspecified atom stereocenters. The smallest absolute Gasteiger partial charge is 0.305 e. The van der Waals surface area contributed by atoms with Crippen molar-refractivity contribution >= 4 is 37.1 Å². The summed E-state index contributed by atoms with van der Waals surface area (Å²) in [5.74, 6) is 0. The van der Waals surface area contributed by atoms with Crippen LogP contribution < -0.4 is 10.6 Å². The minimum absolute atomic E-state index is 0.233. The highest BCUT2D eigenvalue weighted by Crippen LogP contribution is 2.54. The minimum atomic E-state index is -3.60. The van der Waals surface area contributed by atoms with Crippen LogP contribution in [-0.2, 0) is 27.2 Å². The van der Waals surface area contributed by atoms with Gasteiger partial charge in [-0.1, -0.05) is 40.0 Å². The van der Waals surface area contributed by atoms with E-state index in [1.807, 2.05) is 20.8 Å². The van der Waals surface area contributed by atoms with Crippen molar-refractivity contribution in [1.82, 2.24) is 0 Å². The molecule has 1 atom stereocenters. The van der Waals surface area contributed by atoms with Crippen LogP contribution in [-0.4, -0.2) is 26.4 Å². The number of unbranched alkanes of at least 4 members (excludes halogenated alkanes) is 3. The summed E-state index contributed by atoms with van der Waals surface area (Å²) in [4.78, 5) is 0. The molecular weight excluding hydrogens is 406 g/mol. The molecule has 1 heterocycles. The van der Waals surface area contributed by atoms with Crippen LogP contribution in [0.1, 0.15) is 66.2 Å². The first-order valence-corrected chi connectivity index (χ1v) is 13.9. The SMILES string of the molecule is CCCCOP(=O)(OCC)c1cscc1P(=O)(OCCCC)OCCCC. The Morgan fingerprint density at radius 2 is 1.07 bits per heavy atom.